The van der Waals surface area contributed by atoms with Crippen LogP contribution in [0.5, 0.6) is 5.75 Å². The maximum absolute atomic E-state index is 12.1. The summed E-state index contributed by atoms with van der Waals surface area (Å²) in [6.45, 7) is 0.600. The van der Waals surface area contributed by atoms with E-state index in [1.54, 1.807) is 7.11 Å². The predicted octanol–water partition coefficient (Wildman–Crippen LogP) is 2.71. The van der Waals surface area contributed by atoms with Gasteiger partial charge in [-0.05, 0) is 36.2 Å². The summed E-state index contributed by atoms with van der Waals surface area (Å²) in [6, 6.07) is 15.3. The Morgan fingerprint density at radius 1 is 1.10 bits per heavy atom. The number of methoxy groups -OCH3 is 1. The highest BCUT2D eigenvalue weighted by atomic mass is 16.5. The summed E-state index contributed by atoms with van der Waals surface area (Å²) in [6.07, 6.45) is 0.789. The Kier molecular flexibility index (Phi) is 5.21. The highest BCUT2D eigenvalue weighted by Crippen LogP contribution is 2.14. The maximum Gasteiger partial charge on any atom is 0.253 e. The van der Waals surface area contributed by atoms with Crippen molar-refractivity contribution in [3.05, 3.63) is 59.7 Å². The molecule has 0 unspecified atom stereocenters. The average Bonchev–Trinajstić information content (AvgIpc) is 2.55. The molecule has 0 saturated carbocycles. The van der Waals surface area contributed by atoms with Gasteiger partial charge in [-0.3, -0.25) is 4.79 Å². The molecule has 4 nitrogen and oxygen atoms in total. The number of benzene rings is 2. The van der Waals surface area contributed by atoms with E-state index in [9.17, 15) is 4.79 Å². The van der Waals surface area contributed by atoms with Crippen molar-refractivity contribution < 1.29 is 9.53 Å². The number of para-hydroxylation sites is 1. The highest BCUT2D eigenvalue weighted by molar-refractivity contribution is 5.99. The fourth-order valence-electron chi connectivity index (χ4n) is 2.11. The van der Waals surface area contributed by atoms with Crippen LogP contribution in [0.4, 0.5) is 5.69 Å². The fourth-order valence-corrected chi connectivity index (χ4v) is 2.11. The lowest BCUT2D eigenvalue weighted by Crippen LogP contribution is -2.26. The third-order valence-corrected chi connectivity index (χ3v) is 3.30. The van der Waals surface area contributed by atoms with Crippen molar-refractivity contribution in [3.8, 4) is 5.75 Å². The van der Waals surface area contributed by atoms with E-state index < -0.39 is 0 Å². The van der Waals surface area contributed by atoms with E-state index in [0.717, 1.165) is 23.4 Å². The summed E-state index contributed by atoms with van der Waals surface area (Å²) < 4.78 is 5.12. The number of hydrogen-bond donors (Lipinski definition) is 2. The van der Waals surface area contributed by atoms with Crippen molar-refractivity contribution in [2.24, 2.45) is 0 Å². The molecule has 0 fully saturated rings. The van der Waals surface area contributed by atoms with Crippen LogP contribution in [0.1, 0.15) is 15.9 Å². The van der Waals surface area contributed by atoms with Gasteiger partial charge in [0.05, 0.1) is 12.7 Å². The van der Waals surface area contributed by atoms with Crippen LogP contribution in [-0.2, 0) is 6.42 Å². The lowest BCUT2D eigenvalue weighted by atomic mass is 10.1. The zero-order valence-corrected chi connectivity index (χ0v) is 12.3. The molecule has 0 aliphatic heterocycles. The number of nitrogens with one attached hydrogen (secondary N) is 2. The molecule has 0 atom stereocenters. The number of anilines is 1. The molecule has 0 spiro atoms. The molecule has 0 aliphatic carbocycles. The molecule has 1 amide bonds. The van der Waals surface area contributed by atoms with Gasteiger partial charge in [-0.1, -0.05) is 24.3 Å². The van der Waals surface area contributed by atoms with Gasteiger partial charge in [-0.25, -0.2) is 0 Å². The van der Waals surface area contributed by atoms with Gasteiger partial charge in [0.25, 0.3) is 5.91 Å². The van der Waals surface area contributed by atoms with Crippen molar-refractivity contribution >= 4 is 11.6 Å². The Hall–Kier alpha value is -2.49. The predicted molar refractivity (Wildman–Crippen MR) is 85.0 cm³/mol. The fraction of sp³-hybridized carbons (Fsp3) is 0.235. The first kappa shape index (κ1) is 14.9. The molecule has 2 aromatic carbocycles. The van der Waals surface area contributed by atoms with E-state index in [4.69, 9.17) is 4.74 Å². The standard InChI is InChI=1S/C17H20N2O2/c1-18-16-6-4-3-5-15(16)17(20)19-12-11-13-7-9-14(21-2)10-8-13/h3-10,18H,11-12H2,1-2H3,(H,19,20). The molecule has 0 bridgehead atoms. The molecule has 4 heteroatoms. The first-order valence-corrected chi connectivity index (χ1v) is 6.92. The number of ether oxygens (including phenoxy) is 1. The van der Waals surface area contributed by atoms with Crippen molar-refractivity contribution in [2.75, 3.05) is 26.0 Å². The molecule has 0 radical (unpaired) electrons. The first-order chi connectivity index (χ1) is 10.2. The van der Waals surface area contributed by atoms with Gasteiger partial charge in [0.2, 0.25) is 0 Å². The normalized spacial score (nSPS) is 10.0. The Balaban J connectivity index is 1.89. The second kappa shape index (κ2) is 7.33. The van der Waals surface area contributed by atoms with Gasteiger partial charge in [0, 0.05) is 19.3 Å². The number of amides is 1. The van der Waals surface area contributed by atoms with E-state index in [2.05, 4.69) is 10.6 Å². The molecule has 0 aromatic heterocycles. The molecular weight excluding hydrogens is 264 g/mol. The van der Waals surface area contributed by atoms with E-state index in [0.29, 0.717) is 12.1 Å². The summed E-state index contributed by atoms with van der Waals surface area (Å²) in [5, 5.41) is 5.96. The lowest BCUT2D eigenvalue weighted by molar-refractivity contribution is 0.0955. The van der Waals surface area contributed by atoms with Crippen molar-refractivity contribution in [1.82, 2.24) is 5.32 Å². The molecular formula is C17H20N2O2. The lowest BCUT2D eigenvalue weighted by Gasteiger charge is -2.09. The zero-order valence-electron chi connectivity index (χ0n) is 12.3. The number of carbonyl (C=O) groups excluding carboxylic acids is 1. The number of hydrogen-bond acceptors (Lipinski definition) is 3. The summed E-state index contributed by atoms with van der Waals surface area (Å²) in [4.78, 5) is 12.1. The Morgan fingerprint density at radius 2 is 1.81 bits per heavy atom. The molecule has 2 N–H and O–H groups in total. The van der Waals surface area contributed by atoms with Crippen molar-refractivity contribution in [2.45, 2.75) is 6.42 Å². The summed E-state index contributed by atoms with van der Waals surface area (Å²) in [7, 11) is 3.46. The second-order valence-electron chi connectivity index (χ2n) is 4.65. The summed E-state index contributed by atoms with van der Waals surface area (Å²) >= 11 is 0. The monoisotopic (exact) mass is 284 g/mol. The van der Waals surface area contributed by atoms with Crippen LogP contribution in [0.15, 0.2) is 48.5 Å². The maximum atomic E-state index is 12.1. The number of rotatable bonds is 6. The zero-order chi connectivity index (χ0) is 15.1. The van der Waals surface area contributed by atoms with E-state index >= 15 is 0 Å². The van der Waals surface area contributed by atoms with Crippen molar-refractivity contribution in [3.63, 3.8) is 0 Å². The third-order valence-electron chi connectivity index (χ3n) is 3.30. The van der Waals surface area contributed by atoms with Crippen LogP contribution in [-0.4, -0.2) is 26.6 Å². The van der Waals surface area contributed by atoms with Crippen LogP contribution >= 0.6 is 0 Å². The molecule has 2 rings (SSSR count). The first-order valence-electron chi connectivity index (χ1n) is 6.92. The minimum absolute atomic E-state index is 0.0616. The summed E-state index contributed by atoms with van der Waals surface area (Å²) in [5.74, 6) is 0.777. The van der Waals surface area contributed by atoms with E-state index in [1.807, 2.05) is 55.6 Å². The van der Waals surface area contributed by atoms with Crippen LogP contribution < -0.4 is 15.4 Å². The van der Waals surface area contributed by atoms with E-state index in [1.165, 1.54) is 0 Å². The molecule has 21 heavy (non-hydrogen) atoms. The van der Waals surface area contributed by atoms with Gasteiger partial charge in [0.15, 0.2) is 0 Å². The van der Waals surface area contributed by atoms with Crippen molar-refractivity contribution in [1.29, 1.82) is 0 Å². The van der Waals surface area contributed by atoms with Crippen LogP contribution in [0, 0.1) is 0 Å². The number of carbonyl (C=O) groups is 1. The van der Waals surface area contributed by atoms with Gasteiger partial charge < -0.3 is 15.4 Å². The molecule has 0 heterocycles. The molecule has 0 aliphatic rings. The van der Waals surface area contributed by atoms with Crippen LogP contribution in [0.2, 0.25) is 0 Å². The molecule has 2 aromatic rings. The largest absolute Gasteiger partial charge is 0.497 e. The quantitative estimate of drug-likeness (QED) is 0.857. The Morgan fingerprint density at radius 3 is 2.48 bits per heavy atom. The summed E-state index contributed by atoms with van der Waals surface area (Å²) in [5.41, 5.74) is 2.66. The highest BCUT2D eigenvalue weighted by Gasteiger charge is 2.08. The van der Waals surface area contributed by atoms with Gasteiger partial charge in [0.1, 0.15) is 5.75 Å². The van der Waals surface area contributed by atoms with Crippen LogP contribution in [0.25, 0.3) is 0 Å². The Labute approximate surface area is 125 Å². The third kappa shape index (κ3) is 3.99. The Bertz CT molecular complexity index is 594. The molecule has 110 valence electrons. The average molecular weight is 284 g/mol. The minimum Gasteiger partial charge on any atom is -0.497 e. The SMILES string of the molecule is CNc1ccccc1C(=O)NCCc1ccc(OC)cc1. The smallest absolute Gasteiger partial charge is 0.253 e. The van der Waals surface area contributed by atoms with Gasteiger partial charge >= 0.3 is 0 Å². The second-order valence-corrected chi connectivity index (χ2v) is 4.65. The van der Waals surface area contributed by atoms with Crippen LogP contribution in [0.3, 0.4) is 0 Å². The molecule has 0 saturated heterocycles. The van der Waals surface area contributed by atoms with E-state index in [-0.39, 0.29) is 5.91 Å². The van der Waals surface area contributed by atoms with Gasteiger partial charge in [-0.2, -0.15) is 0 Å². The topological polar surface area (TPSA) is 50.4 Å². The van der Waals surface area contributed by atoms with Gasteiger partial charge in [-0.15, -0.1) is 0 Å². The minimum atomic E-state index is -0.0616.